The Hall–Kier alpha value is -1.71. The van der Waals surface area contributed by atoms with Crippen molar-refractivity contribution in [1.29, 1.82) is 0 Å². The second-order valence-corrected chi connectivity index (χ2v) is 3.67. The molecule has 1 aromatic heterocycles. The smallest absolute Gasteiger partial charge is 0.183 e. The van der Waals surface area contributed by atoms with E-state index >= 15 is 0 Å². The fourth-order valence-electron chi connectivity index (χ4n) is 1.73. The number of pyridine rings is 1. The molecule has 0 N–H and O–H groups in total. The van der Waals surface area contributed by atoms with Gasteiger partial charge < -0.3 is 9.47 Å². The summed E-state index contributed by atoms with van der Waals surface area (Å²) in [7, 11) is 3.26. The summed E-state index contributed by atoms with van der Waals surface area (Å²) in [5, 5.41) is 0. The quantitative estimate of drug-likeness (QED) is 0.755. The van der Waals surface area contributed by atoms with Gasteiger partial charge >= 0.3 is 0 Å². The zero-order chi connectivity index (χ0) is 12.1. The lowest BCUT2D eigenvalue weighted by Crippen LogP contribution is -2.03. The lowest BCUT2D eigenvalue weighted by Gasteiger charge is -2.13. The highest BCUT2D eigenvalue weighted by molar-refractivity contribution is 5.62. The largest absolute Gasteiger partial charge is 0.352 e. The summed E-state index contributed by atoms with van der Waals surface area (Å²) in [5.41, 5.74) is 3.24. The van der Waals surface area contributed by atoms with Crippen molar-refractivity contribution in [2.24, 2.45) is 0 Å². The van der Waals surface area contributed by atoms with Crippen LogP contribution in [0.5, 0.6) is 0 Å². The number of methoxy groups -OCH3 is 2. The van der Waals surface area contributed by atoms with Crippen LogP contribution in [0.15, 0.2) is 48.8 Å². The molecule has 0 saturated carbocycles. The van der Waals surface area contributed by atoms with Crippen LogP contribution in [0, 0.1) is 0 Å². The van der Waals surface area contributed by atoms with Crippen LogP contribution in [-0.4, -0.2) is 19.2 Å². The molecule has 2 aromatic rings. The zero-order valence-electron chi connectivity index (χ0n) is 9.96. The molecule has 3 heteroatoms. The number of hydrogen-bond acceptors (Lipinski definition) is 3. The molecular formula is C14H15NO2. The molecule has 0 radical (unpaired) electrons. The highest BCUT2D eigenvalue weighted by Crippen LogP contribution is 2.22. The molecule has 0 unspecified atom stereocenters. The number of nitrogens with zero attached hydrogens (tertiary/aromatic N) is 1. The van der Waals surface area contributed by atoms with Crippen molar-refractivity contribution < 1.29 is 9.47 Å². The molecule has 0 saturated heterocycles. The van der Waals surface area contributed by atoms with E-state index in [-0.39, 0.29) is 6.29 Å². The van der Waals surface area contributed by atoms with Gasteiger partial charge in [-0.15, -0.1) is 0 Å². The maximum atomic E-state index is 5.20. The van der Waals surface area contributed by atoms with Crippen LogP contribution in [0.4, 0.5) is 0 Å². The Morgan fingerprint density at radius 1 is 0.941 bits per heavy atom. The van der Waals surface area contributed by atoms with E-state index in [0.717, 1.165) is 16.7 Å². The van der Waals surface area contributed by atoms with Crippen molar-refractivity contribution in [3.63, 3.8) is 0 Å². The van der Waals surface area contributed by atoms with Gasteiger partial charge in [-0.25, -0.2) is 0 Å². The highest BCUT2D eigenvalue weighted by Gasteiger charge is 2.08. The first-order valence-electron chi connectivity index (χ1n) is 5.41. The third-order valence-corrected chi connectivity index (χ3v) is 2.61. The summed E-state index contributed by atoms with van der Waals surface area (Å²) in [6.45, 7) is 0. The number of ether oxygens (including phenoxy) is 2. The molecule has 0 aliphatic rings. The van der Waals surface area contributed by atoms with Gasteiger partial charge in [-0.3, -0.25) is 4.98 Å². The number of hydrogen-bond donors (Lipinski definition) is 0. The van der Waals surface area contributed by atoms with E-state index in [4.69, 9.17) is 9.47 Å². The van der Waals surface area contributed by atoms with E-state index in [1.807, 2.05) is 42.6 Å². The summed E-state index contributed by atoms with van der Waals surface area (Å²) in [6, 6.07) is 12.0. The van der Waals surface area contributed by atoms with E-state index < -0.39 is 0 Å². The number of rotatable bonds is 4. The predicted molar refractivity (Wildman–Crippen MR) is 66.4 cm³/mol. The monoisotopic (exact) mass is 229 g/mol. The summed E-state index contributed by atoms with van der Waals surface area (Å²) >= 11 is 0. The second kappa shape index (κ2) is 5.57. The van der Waals surface area contributed by atoms with Crippen molar-refractivity contribution in [2.75, 3.05) is 14.2 Å². The fourth-order valence-corrected chi connectivity index (χ4v) is 1.73. The van der Waals surface area contributed by atoms with Gasteiger partial charge in [0.2, 0.25) is 0 Å². The van der Waals surface area contributed by atoms with Crippen LogP contribution in [0.2, 0.25) is 0 Å². The molecule has 0 aliphatic heterocycles. The molecule has 3 nitrogen and oxygen atoms in total. The topological polar surface area (TPSA) is 31.4 Å². The van der Waals surface area contributed by atoms with E-state index in [1.54, 1.807) is 20.4 Å². The van der Waals surface area contributed by atoms with Crippen LogP contribution in [0.3, 0.4) is 0 Å². The maximum Gasteiger partial charge on any atom is 0.183 e. The summed E-state index contributed by atoms with van der Waals surface area (Å²) < 4.78 is 10.4. The Kier molecular flexibility index (Phi) is 3.85. The number of benzene rings is 1. The van der Waals surface area contributed by atoms with Gasteiger partial charge in [0.05, 0.1) is 0 Å². The second-order valence-electron chi connectivity index (χ2n) is 3.67. The molecule has 0 fully saturated rings. The van der Waals surface area contributed by atoms with Crippen LogP contribution >= 0.6 is 0 Å². The number of aromatic nitrogens is 1. The zero-order valence-corrected chi connectivity index (χ0v) is 9.96. The molecule has 0 bridgehead atoms. The summed E-state index contributed by atoms with van der Waals surface area (Å²) in [5.74, 6) is 0. The van der Waals surface area contributed by atoms with E-state index in [2.05, 4.69) is 4.98 Å². The third-order valence-electron chi connectivity index (χ3n) is 2.61. The van der Waals surface area contributed by atoms with Gasteiger partial charge in [-0.2, -0.15) is 0 Å². The lowest BCUT2D eigenvalue weighted by molar-refractivity contribution is -0.106. The van der Waals surface area contributed by atoms with Gasteiger partial charge in [0.15, 0.2) is 6.29 Å². The van der Waals surface area contributed by atoms with Crippen molar-refractivity contribution in [3.05, 3.63) is 54.4 Å². The Morgan fingerprint density at radius 2 is 1.65 bits per heavy atom. The van der Waals surface area contributed by atoms with E-state index in [1.165, 1.54) is 0 Å². The van der Waals surface area contributed by atoms with Crippen molar-refractivity contribution in [1.82, 2.24) is 4.98 Å². The highest BCUT2D eigenvalue weighted by atomic mass is 16.7. The predicted octanol–water partition coefficient (Wildman–Crippen LogP) is 3.04. The summed E-state index contributed by atoms with van der Waals surface area (Å²) in [6.07, 6.45) is 3.31. The minimum absolute atomic E-state index is 0.307. The maximum absolute atomic E-state index is 5.20. The lowest BCUT2D eigenvalue weighted by atomic mass is 10.1. The first-order chi connectivity index (χ1) is 8.35. The Morgan fingerprint density at radius 3 is 2.18 bits per heavy atom. The SMILES string of the molecule is COC(OC)c1ccc(-c2cccnc2)cc1. The molecule has 88 valence electrons. The molecule has 1 aromatic carbocycles. The standard InChI is InChI=1S/C14H15NO2/c1-16-14(17-2)12-7-5-11(6-8-12)13-4-3-9-15-10-13/h3-10,14H,1-2H3. The fraction of sp³-hybridized carbons (Fsp3) is 0.214. The average molecular weight is 229 g/mol. The van der Waals surface area contributed by atoms with Crippen molar-refractivity contribution in [2.45, 2.75) is 6.29 Å². The molecule has 0 amide bonds. The first kappa shape index (κ1) is 11.8. The first-order valence-corrected chi connectivity index (χ1v) is 5.41. The Labute approximate surface area is 101 Å². The third kappa shape index (κ3) is 2.70. The molecule has 0 spiro atoms. The Balaban J connectivity index is 2.24. The van der Waals surface area contributed by atoms with Crippen molar-refractivity contribution in [3.8, 4) is 11.1 Å². The molecule has 1 heterocycles. The molecule has 0 aliphatic carbocycles. The van der Waals surface area contributed by atoms with Gasteiger partial charge in [0.25, 0.3) is 0 Å². The molecular weight excluding hydrogens is 214 g/mol. The Bertz CT molecular complexity index is 449. The normalized spacial score (nSPS) is 10.8. The van der Waals surface area contributed by atoms with Crippen LogP contribution in [-0.2, 0) is 9.47 Å². The van der Waals surface area contributed by atoms with Crippen molar-refractivity contribution >= 4 is 0 Å². The van der Waals surface area contributed by atoms with Gasteiger partial charge in [0.1, 0.15) is 0 Å². The molecule has 17 heavy (non-hydrogen) atoms. The van der Waals surface area contributed by atoms with E-state index in [0.29, 0.717) is 0 Å². The van der Waals surface area contributed by atoms with Crippen LogP contribution in [0.1, 0.15) is 11.9 Å². The van der Waals surface area contributed by atoms with Gasteiger partial charge in [-0.05, 0) is 17.2 Å². The minimum atomic E-state index is -0.307. The van der Waals surface area contributed by atoms with Crippen LogP contribution < -0.4 is 0 Å². The van der Waals surface area contributed by atoms with Gasteiger partial charge in [-0.1, -0.05) is 30.3 Å². The average Bonchev–Trinajstić information content (AvgIpc) is 2.42. The van der Waals surface area contributed by atoms with Gasteiger partial charge in [0, 0.05) is 32.2 Å². The van der Waals surface area contributed by atoms with E-state index in [9.17, 15) is 0 Å². The molecule has 2 rings (SSSR count). The van der Waals surface area contributed by atoms with Crippen LogP contribution in [0.25, 0.3) is 11.1 Å². The molecule has 0 atom stereocenters. The minimum Gasteiger partial charge on any atom is -0.352 e. The summed E-state index contributed by atoms with van der Waals surface area (Å²) in [4.78, 5) is 4.10.